The highest BCUT2D eigenvalue weighted by molar-refractivity contribution is 8.01. The van der Waals surface area contributed by atoms with Crippen molar-refractivity contribution in [2.24, 2.45) is 0 Å². The molecule has 0 rings (SSSR count). The Kier molecular flexibility index (Phi) is 5.45. The average molecular weight is 204 g/mol. The molecule has 0 saturated heterocycles. The van der Waals surface area contributed by atoms with Crippen molar-refractivity contribution in [2.75, 3.05) is 0 Å². The summed E-state index contributed by atoms with van der Waals surface area (Å²) in [7, 11) is 0. The molecule has 0 aromatic heterocycles. The van der Waals surface area contributed by atoms with E-state index in [4.69, 9.17) is 5.11 Å². The van der Waals surface area contributed by atoms with Crippen LogP contribution < -0.4 is 0 Å². The lowest BCUT2D eigenvalue weighted by Crippen LogP contribution is -2.33. The van der Waals surface area contributed by atoms with Crippen molar-refractivity contribution in [3.05, 3.63) is 0 Å². The molecule has 0 aromatic carbocycles. The molecule has 0 aromatic rings. The Hall–Kier alpha value is -0.180. The molecule has 0 radical (unpaired) electrons. The third kappa shape index (κ3) is 4.03. The number of hydrogen-bond acceptors (Lipinski definition) is 2. The van der Waals surface area contributed by atoms with Crippen LogP contribution in [0.3, 0.4) is 0 Å². The van der Waals surface area contributed by atoms with E-state index < -0.39 is 10.7 Å². The highest BCUT2D eigenvalue weighted by Gasteiger charge is 2.33. The molecule has 0 spiro atoms. The summed E-state index contributed by atoms with van der Waals surface area (Å²) in [6.45, 7) is 8.03. The molecule has 0 aliphatic carbocycles. The Labute approximate surface area is 85.1 Å². The van der Waals surface area contributed by atoms with E-state index in [9.17, 15) is 4.79 Å². The first-order chi connectivity index (χ1) is 5.96. The van der Waals surface area contributed by atoms with Gasteiger partial charge in [-0.3, -0.25) is 4.79 Å². The smallest absolute Gasteiger partial charge is 0.319 e. The van der Waals surface area contributed by atoms with Gasteiger partial charge in [-0.25, -0.2) is 0 Å². The van der Waals surface area contributed by atoms with E-state index in [0.717, 1.165) is 19.3 Å². The van der Waals surface area contributed by atoms with Crippen molar-refractivity contribution >= 4 is 17.7 Å². The summed E-state index contributed by atoms with van der Waals surface area (Å²) in [6, 6.07) is 0. The monoisotopic (exact) mass is 204 g/mol. The Morgan fingerprint density at radius 3 is 2.38 bits per heavy atom. The number of carbonyl (C=O) groups is 1. The zero-order valence-corrected chi connectivity index (χ0v) is 9.78. The minimum Gasteiger partial charge on any atom is -0.480 e. The second-order valence-electron chi connectivity index (χ2n) is 3.62. The zero-order valence-electron chi connectivity index (χ0n) is 8.96. The summed E-state index contributed by atoms with van der Waals surface area (Å²) < 4.78 is -0.593. The molecular weight excluding hydrogens is 184 g/mol. The Bertz CT molecular complexity index is 170. The van der Waals surface area contributed by atoms with Crippen molar-refractivity contribution in [2.45, 2.75) is 57.0 Å². The van der Waals surface area contributed by atoms with Gasteiger partial charge in [0.2, 0.25) is 0 Å². The third-order valence-corrected chi connectivity index (χ3v) is 3.85. The highest BCUT2D eigenvalue weighted by Crippen LogP contribution is 2.34. The van der Waals surface area contributed by atoms with Gasteiger partial charge in [-0.2, -0.15) is 0 Å². The molecule has 3 heteroatoms. The van der Waals surface area contributed by atoms with E-state index in [1.54, 1.807) is 11.8 Å². The fraction of sp³-hybridized carbons (Fsp3) is 0.900. The third-order valence-electron chi connectivity index (χ3n) is 2.22. The largest absolute Gasteiger partial charge is 0.480 e. The number of aliphatic carboxylic acids is 1. The zero-order chi connectivity index (χ0) is 10.5. The first-order valence-electron chi connectivity index (χ1n) is 4.87. The van der Waals surface area contributed by atoms with Gasteiger partial charge < -0.3 is 5.11 Å². The van der Waals surface area contributed by atoms with E-state index in [1.165, 1.54) is 0 Å². The lowest BCUT2D eigenvalue weighted by atomic mass is 10.1. The van der Waals surface area contributed by atoms with Crippen molar-refractivity contribution < 1.29 is 9.90 Å². The van der Waals surface area contributed by atoms with Crippen LogP contribution in [-0.2, 0) is 4.79 Å². The molecule has 0 aliphatic rings. The summed E-state index contributed by atoms with van der Waals surface area (Å²) in [4.78, 5) is 11.0. The quantitative estimate of drug-likeness (QED) is 0.722. The molecule has 2 nitrogen and oxygen atoms in total. The molecule has 0 saturated carbocycles. The maximum atomic E-state index is 11.0. The van der Waals surface area contributed by atoms with Crippen LogP contribution in [0.15, 0.2) is 0 Å². The Morgan fingerprint density at radius 1 is 1.54 bits per heavy atom. The summed E-state index contributed by atoms with van der Waals surface area (Å²) >= 11 is 1.58. The molecule has 1 N–H and O–H groups in total. The molecule has 0 heterocycles. The van der Waals surface area contributed by atoms with Crippen molar-refractivity contribution in [3.8, 4) is 0 Å². The lowest BCUT2D eigenvalue weighted by molar-refractivity contribution is -0.139. The maximum Gasteiger partial charge on any atom is 0.319 e. The summed E-state index contributed by atoms with van der Waals surface area (Å²) in [5.74, 6) is -0.681. The molecule has 0 aliphatic heterocycles. The van der Waals surface area contributed by atoms with E-state index in [0.29, 0.717) is 5.25 Å². The van der Waals surface area contributed by atoms with E-state index >= 15 is 0 Å². The van der Waals surface area contributed by atoms with Crippen LogP contribution in [0.2, 0.25) is 0 Å². The van der Waals surface area contributed by atoms with Gasteiger partial charge in [-0.05, 0) is 19.8 Å². The van der Waals surface area contributed by atoms with Gasteiger partial charge in [0.25, 0.3) is 0 Å². The van der Waals surface area contributed by atoms with Crippen LogP contribution in [0.4, 0.5) is 0 Å². The standard InChI is InChI=1S/C10H20O2S/c1-5-7-10(4,9(11)12)13-8(3)6-2/h8H,5-7H2,1-4H3,(H,11,12). The van der Waals surface area contributed by atoms with E-state index in [-0.39, 0.29) is 0 Å². The van der Waals surface area contributed by atoms with Gasteiger partial charge in [0, 0.05) is 5.25 Å². The molecule has 0 bridgehead atoms. The molecule has 13 heavy (non-hydrogen) atoms. The first-order valence-corrected chi connectivity index (χ1v) is 5.75. The van der Waals surface area contributed by atoms with Gasteiger partial charge >= 0.3 is 5.97 Å². The van der Waals surface area contributed by atoms with Gasteiger partial charge in [0.1, 0.15) is 4.75 Å². The second-order valence-corrected chi connectivity index (χ2v) is 5.56. The first kappa shape index (κ1) is 12.8. The fourth-order valence-corrected chi connectivity index (χ4v) is 2.70. The maximum absolute atomic E-state index is 11.0. The van der Waals surface area contributed by atoms with Gasteiger partial charge in [-0.1, -0.05) is 27.2 Å². The van der Waals surface area contributed by atoms with Gasteiger partial charge in [0.05, 0.1) is 0 Å². The number of carboxylic acids is 1. The lowest BCUT2D eigenvalue weighted by Gasteiger charge is -2.26. The van der Waals surface area contributed by atoms with Crippen LogP contribution in [0, 0.1) is 0 Å². The highest BCUT2D eigenvalue weighted by atomic mass is 32.2. The molecule has 2 unspecified atom stereocenters. The van der Waals surface area contributed by atoms with Gasteiger partial charge in [-0.15, -0.1) is 11.8 Å². The van der Waals surface area contributed by atoms with Crippen LogP contribution in [0.5, 0.6) is 0 Å². The number of hydrogen-bond donors (Lipinski definition) is 1. The minimum atomic E-state index is -0.681. The van der Waals surface area contributed by atoms with Crippen molar-refractivity contribution in [1.82, 2.24) is 0 Å². The summed E-state index contributed by atoms with van der Waals surface area (Å²) in [6.07, 6.45) is 2.70. The van der Waals surface area contributed by atoms with E-state index in [2.05, 4.69) is 13.8 Å². The average Bonchev–Trinajstić information content (AvgIpc) is 2.04. The van der Waals surface area contributed by atoms with Crippen LogP contribution in [0.1, 0.15) is 47.0 Å². The molecule has 78 valence electrons. The number of thioether (sulfide) groups is 1. The molecule has 0 fully saturated rings. The predicted octanol–water partition coefficient (Wildman–Crippen LogP) is 3.16. The normalized spacial score (nSPS) is 17.8. The summed E-state index contributed by atoms with van der Waals surface area (Å²) in [5, 5.41) is 9.51. The SMILES string of the molecule is CCCC(C)(SC(C)CC)C(=O)O. The summed E-state index contributed by atoms with van der Waals surface area (Å²) in [5.41, 5.74) is 0. The second kappa shape index (κ2) is 5.53. The fourth-order valence-electron chi connectivity index (χ4n) is 1.22. The predicted molar refractivity (Wildman–Crippen MR) is 58.3 cm³/mol. The molecular formula is C10H20O2S. The van der Waals surface area contributed by atoms with Crippen molar-refractivity contribution in [1.29, 1.82) is 0 Å². The van der Waals surface area contributed by atoms with Crippen LogP contribution in [0.25, 0.3) is 0 Å². The Morgan fingerprint density at radius 2 is 2.08 bits per heavy atom. The molecule has 0 amide bonds. The number of carboxylic acid groups (broad SMARTS) is 1. The number of rotatable bonds is 6. The van der Waals surface area contributed by atoms with E-state index in [1.807, 2.05) is 13.8 Å². The van der Waals surface area contributed by atoms with Crippen LogP contribution >= 0.6 is 11.8 Å². The molecule has 2 atom stereocenters. The topological polar surface area (TPSA) is 37.3 Å². The van der Waals surface area contributed by atoms with Crippen molar-refractivity contribution in [3.63, 3.8) is 0 Å². The Balaban J connectivity index is 4.32. The van der Waals surface area contributed by atoms with Gasteiger partial charge in [0.15, 0.2) is 0 Å². The minimum absolute atomic E-state index is 0.424. The van der Waals surface area contributed by atoms with Crippen LogP contribution in [-0.4, -0.2) is 21.1 Å².